The van der Waals surface area contributed by atoms with Crippen molar-refractivity contribution in [2.75, 3.05) is 28.4 Å². The summed E-state index contributed by atoms with van der Waals surface area (Å²) in [4.78, 5) is 12.9. The largest absolute Gasteiger partial charge is 0.493 e. The number of fused-ring (bicyclic) bond motifs is 2. The van der Waals surface area contributed by atoms with Crippen LogP contribution in [0.15, 0.2) is 33.5 Å². The molecule has 23 heavy (non-hydrogen) atoms. The Kier molecular flexibility index (Phi) is 3.73. The summed E-state index contributed by atoms with van der Waals surface area (Å²) in [6.45, 7) is 0. The lowest BCUT2D eigenvalue weighted by Crippen LogP contribution is -2.06. The van der Waals surface area contributed by atoms with Gasteiger partial charge in [-0.15, -0.1) is 0 Å². The molecular weight excluding hydrogens is 300 g/mol. The van der Waals surface area contributed by atoms with Crippen LogP contribution in [-0.4, -0.2) is 28.4 Å². The van der Waals surface area contributed by atoms with Gasteiger partial charge in [-0.1, -0.05) is 6.07 Å². The predicted octanol–water partition coefficient (Wildman–Crippen LogP) is 2.98. The molecule has 0 spiro atoms. The van der Waals surface area contributed by atoms with Crippen LogP contribution in [0.3, 0.4) is 0 Å². The molecular formula is C17H16O6. The lowest BCUT2D eigenvalue weighted by Gasteiger charge is -2.14. The lowest BCUT2D eigenvalue weighted by atomic mass is 10.1. The van der Waals surface area contributed by atoms with Crippen LogP contribution in [0.25, 0.3) is 21.9 Å². The van der Waals surface area contributed by atoms with Gasteiger partial charge in [0, 0.05) is 6.07 Å². The molecule has 1 heterocycles. The molecule has 0 aliphatic rings. The molecule has 0 saturated carbocycles. The first-order chi connectivity index (χ1) is 11.2. The van der Waals surface area contributed by atoms with Crippen LogP contribution in [0.5, 0.6) is 23.0 Å². The standard InChI is InChI=1S/C17H16O6/c1-19-10-7-5-6-9-14(18)13-11(23-15(9)10)8-12(20-2)16(21-3)17(13)22-4/h5-8H,1-4H3. The van der Waals surface area contributed by atoms with Gasteiger partial charge >= 0.3 is 0 Å². The molecule has 2 aromatic carbocycles. The molecule has 0 fully saturated rings. The second-order valence-electron chi connectivity index (χ2n) is 4.79. The summed E-state index contributed by atoms with van der Waals surface area (Å²) in [5.41, 5.74) is 0.487. The molecule has 0 N–H and O–H groups in total. The number of para-hydroxylation sites is 1. The van der Waals surface area contributed by atoms with E-state index in [2.05, 4.69) is 0 Å². The smallest absolute Gasteiger partial charge is 0.204 e. The molecule has 3 rings (SSSR count). The Labute approximate surface area is 132 Å². The van der Waals surface area contributed by atoms with Crippen LogP contribution in [0, 0.1) is 0 Å². The monoisotopic (exact) mass is 316 g/mol. The van der Waals surface area contributed by atoms with Crippen LogP contribution in [0.4, 0.5) is 0 Å². The first kappa shape index (κ1) is 15.0. The van der Waals surface area contributed by atoms with E-state index in [4.69, 9.17) is 23.4 Å². The first-order valence-electron chi connectivity index (χ1n) is 6.88. The van der Waals surface area contributed by atoms with Crippen molar-refractivity contribution in [1.29, 1.82) is 0 Å². The molecule has 120 valence electrons. The van der Waals surface area contributed by atoms with Gasteiger partial charge < -0.3 is 23.4 Å². The van der Waals surface area contributed by atoms with Gasteiger partial charge in [0.1, 0.15) is 11.0 Å². The Hall–Kier alpha value is -2.89. The fourth-order valence-corrected chi connectivity index (χ4v) is 2.63. The number of rotatable bonds is 4. The van der Waals surface area contributed by atoms with E-state index in [0.29, 0.717) is 39.2 Å². The lowest BCUT2D eigenvalue weighted by molar-refractivity contribution is 0.326. The molecule has 0 unspecified atom stereocenters. The van der Waals surface area contributed by atoms with Crippen LogP contribution >= 0.6 is 0 Å². The third-order valence-electron chi connectivity index (χ3n) is 3.68. The van der Waals surface area contributed by atoms with E-state index in [9.17, 15) is 4.79 Å². The molecule has 6 heteroatoms. The van der Waals surface area contributed by atoms with E-state index in [-0.39, 0.29) is 11.2 Å². The van der Waals surface area contributed by atoms with Gasteiger partial charge in [-0.3, -0.25) is 4.79 Å². The highest BCUT2D eigenvalue weighted by Gasteiger charge is 2.22. The molecule has 0 amide bonds. The average Bonchev–Trinajstić information content (AvgIpc) is 2.59. The molecule has 0 aliphatic carbocycles. The Bertz CT molecular complexity index is 941. The maximum absolute atomic E-state index is 12.9. The normalized spacial score (nSPS) is 10.8. The van der Waals surface area contributed by atoms with Crippen molar-refractivity contribution in [2.24, 2.45) is 0 Å². The van der Waals surface area contributed by atoms with E-state index in [1.54, 1.807) is 24.3 Å². The number of ether oxygens (including phenoxy) is 4. The van der Waals surface area contributed by atoms with Crippen LogP contribution < -0.4 is 24.4 Å². The van der Waals surface area contributed by atoms with Gasteiger partial charge in [-0.25, -0.2) is 0 Å². The molecule has 0 aliphatic heterocycles. The SMILES string of the molecule is COc1cc2oc3c(OC)cccc3c(=O)c2c(OC)c1OC. The van der Waals surface area contributed by atoms with Gasteiger partial charge in [-0.05, 0) is 12.1 Å². The Morgan fingerprint density at radius 3 is 2.17 bits per heavy atom. The highest BCUT2D eigenvalue weighted by molar-refractivity contribution is 5.97. The topological polar surface area (TPSA) is 67.1 Å². The number of methoxy groups -OCH3 is 4. The number of hydrogen-bond donors (Lipinski definition) is 0. The molecule has 0 atom stereocenters. The van der Waals surface area contributed by atoms with E-state index in [1.807, 2.05) is 0 Å². The average molecular weight is 316 g/mol. The van der Waals surface area contributed by atoms with Crippen molar-refractivity contribution >= 4 is 21.9 Å². The van der Waals surface area contributed by atoms with Crippen LogP contribution in [0.2, 0.25) is 0 Å². The van der Waals surface area contributed by atoms with Gasteiger partial charge in [0.05, 0.1) is 33.8 Å². The predicted molar refractivity (Wildman–Crippen MR) is 86.2 cm³/mol. The fraction of sp³-hybridized carbons (Fsp3) is 0.235. The maximum atomic E-state index is 12.9. The highest BCUT2D eigenvalue weighted by Crippen LogP contribution is 2.43. The minimum atomic E-state index is -0.224. The van der Waals surface area contributed by atoms with Crippen molar-refractivity contribution in [2.45, 2.75) is 0 Å². The van der Waals surface area contributed by atoms with Crippen molar-refractivity contribution in [1.82, 2.24) is 0 Å². The van der Waals surface area contributed by atoms with Crippen molar-refractivity contribution in [3.05, 3.63) is 34.5 Å². The zero-order chi connectivity index (χ0) is 16.6. The summed E-state index contributed by atoms with van der Waals surface area (Å²) in [6, 6.07) is 6.75. The maximum Gasteiger partial charge on any atom is 0.204 e. The quantitative estimate of drug-likeness (QED) is 0.689. The second kappa shape index (κ2) is 5.72. The van der Waals surface area contributed by atoms with Crippen molar-refractivity contribution in [3.8, 4) is 23.0 Å². The minimum Gasteiger partial charge on any atom is -0.493 e. The zero-order valence-corrected chi connectivity index (χ0v) is 13.3. The van der Waals surface area contributed by atoms with Gasteiger partial charge in [-0.2, -0.15) is 0 Å². The summed E-state index contributed by atoms with van der Waals surface area (Å²) in [5.74, 6) is 1.52. The second-order valence-corrected chi connectivity index (χ2v) is 4.79. The summed E-state index contributed by atoms with van der Waals surface area (Å²) < 4.78 is 27.2. The molecule has 1 aromatic heterocycles. The summed E-state index contributed by atoms with van der Waals surface area (Å²) in [7, 11) is 5.97. The fourth-order valence-electron chi connectivity index (χ4n) is 2.63. The van der Waals surface area contributed by atoms with Crippen LogP contribution in [0.1, 0.15) is 0 Å². The zero-order valence-electron chi connectivity index (χ0n) is 13.3. The first-order valence-corrected chi connectivity index (χ1v) is 6.88. The van der Waals surface area contributed by atoms with Gasteiger partial charge in [0.25, 0.3) is 0 Å². The van der Waals surface area contributed by atoms with Crippen molar-refractivity contribution in [3.63, 3.8) is 0 Å². The van der Waals surface area contributed by atoms with Crippen LogP contribution in [-0.2, 0) is 0 Å². The van der Waals surface area contributed by atoms with E-state index in [1.165, 1.54) is 28.4 Å². The van der Waals surface area contributed by atoms with E-state index in [0.717, 1.165) is 0 Å². The minimum absolute atomic E-state index is 0.224. The van der Waals surface area contributed by atoms with E-state index >= 15 is 0 Å². The number of hydrogen-bond acceptors (Lipinski definition) is 6. The Morgan fingerprint density at radius 1 is 0.870 bits per heavy atom. The summed E-state index contributed by atoms with van der Waals surface area (Å²) in [6.07, 6.45) is 0. The highest BCUT2D eigenvalue weighted by atomic mass is 16.5. The van der Waals surface area contributed by atoms with Gasteiger partial charge in [0.2, 0.25) is 11.2 Å². The van der Waals surface area contributed by atoms with E-state index < -0.39 is 0 Å². The molecule has 0 saturated heterocycles. The molecule has 0 bridgehead atoms. The van der Waals surface area contributed by atoms with Crippen molar-refractivity contribution < 1.29 is 23.4 Å². The van der Waals surface area contributed by atoms with Gasteiger partial charge in [0.15, 0.2) is 22.8 Å². The third-order valence-corrected chi connectivity index (χ3v) is 3.68. The number of benzene rings is 2. The molecule has 3 aromatic rings. The Morgan fingerprint density at radius 2 is 1.57 bits per heavy atom. The summed E-state index contributed by atoms with van der Waals surface area (Å²) >= 11 is 0. The Balaban J connectivity index is 2.56. The molecule has 0 radical (unpaired) electrons. The third kappa shape index (κ3) is 2.14. The summed E-state index contributed by atoms with van der Waals surface area (Å²) in [5, 5.41) is 0.702. The molecule has 6 nitrogen and oxygen atoms in total.